The van der Waals surface area contributed by atoms with Crippen LogP contribution in [-0.2, 0) is 5.60 Å². The number of fused-ring (bicyclic) bond motifs is 1. The molecule has 0 spiro atoms. The van der Waals surface area contributed by atoms with E-state index in [1.54, 1.807) is 0 Å². The quantitative estimate of drug-likeness (QED) is 0.659. The van der Waals surface area contributed by atoms with E-state index in [1.807, 2.05) is 68.4 Å². The van der Waals surface area contributed by atoms with Crippen LogP contribution < -0.4 is 0 Å². The van der Waals surface area contributed by atoms with Crippen molar-refractivity contribution in [2.75, 3.05) is 0 Å². The average Bonchev–Trinajstić information content (AvgIpc) is 2.47. The fourth-order valence-electron chi connectivity index (χ4n) is 2.47. The molecule has 0 aliphatic rings. The minimum atomic E-state index is -1.01. The Morgan fingerprint density at radius 2 is 1.62 bits per heavy atom. The number of hydrogen-bond acceptors (Lipinski definition) is 2. The molecule has 3 rings (SSSR count). The van der Waals surface area contributed by atoms with E-state index in [9.17, 15) is 5.11 Å². The van der Waals surface area contributed by atoms with Gasteiger partial charge in [-0.1, -0.05) is 24.3 Å². The standard InChI is InChI=1S/C18H16INO/c1-12-3-4-13-11-15(7-10-17(13)20-12)18(2,21)14-5-8-16(19)9-6-14/h3-11,21H,1-2H3. The third kappa shape index (κ3) is 2.80. The van der Waals surface area contributed by atoms with Crippen molar-refractivity contribution in [1.82, 2.24) is 4.98 Å². The van der Waals surface area contributed by atoms with Gasteiger partial charge >= 0.3 is 0 Å². The van der Waals surface area contributed by atoms with E-state index < -0.39 is 5.60 Å². The molecule has 0 aliphatic carbocycles. The van der Waals surface area contributed by atoms with Crippen molar-refractivity contribution < 1.29 is 5.11 Å². The van der Waals surface area contributed by atoms with Crippen LogP contribution in [0.1, 0.15) is 23.7 Å². The largest absolute Gasteiger partial charge is 0.381 e. The van der Waals surface area contributed by atoms with Crippen molar-refractivity contribution in [3.8, 4) is 0 Å². The van der Waals surface area contributed by atoms with Gasteiger partial charge in [-0.15, -0.1) is 0 Å². The zero-order valence-electron chi connectivity index (χ0n) is 12.0. The molecule has 0 saturated heterocycles. The predicted octanol–water partition coefficient (Wildman–Crippen LogP) is 4.40. The van der Waals surface area contributed by atoms with Gasteiger partial charge in [0.15, 0.2) is 0 Å². The zero-order chi connectivity index (χ0) is 15.0. The molecule has 0 aliphatic heterocycles. The number of pyridine rings is 1. The fourth-order valence-corrected chi connectivity index (χ4v) is 2.83. The Morgan fingerprint density at radius 1 is 0.952 bits per heavy atom. The molecule has 0 bridgehead atoms. The second-order valence-corrected chi connectivity index (χ2v) is 6.68. The molecule has 3 aromatic rings. The number of halogens is 1. The molecule has 2 aromatic carbocycles. The van der Waals surface area contributed by atoms with Gasteiger partial charge in [-0.2, -0.15) is 0 Å². The molecule has 3 heteroatoms. The molecule has 1 N–H and O–H groups in total. The van der Waals surface area contributed by atoms with Crippen LogP contribution in [0, 0.1) is 10.5 Å². The maximum Gasteiger partial charge on any atom is 0.112 e. The topological polar surface area (TPSA) is 33.1 Å². The van der Waals surface area contributed by atoms with Crippen LogP contribution in [0.5, 0.6) is 0 Å². The molecule has 1 atom stereocenters. The van der Waals surface area contributed by atoms with Crippen LogP contribution in [0.4, 0.5) is 0 Å². The lowest BCUT2D eigenvalue weighted by molar-refractivity contribution is 0.102. The lowest BCUT2D eigenvalue weighted by atomic mass is 9.87. The summed E-state index contributed by atoms with van der Waals surface area (Å²) in [6, 6.07) is 17.9. The van der Waals surface area contributed by atoms with Gasteiger partial charge in [0.2, 0.25) is 0 Å². The van der Waals surface area contributed by atoms with Gasteiger partial charge in [0.05, 0.1) is 5.52 Å². The van der Waals surface area contributed by atoms with E-state index in [1.165, 1.54) is 0 Å². The molecule has 106 valence electrons. The number of hydrogen-bond donors (Lipinski definition) is 1. The molecule has 0 fully saturated rings. The Morgan fingerprint density at radius 3 is 2.33 bits per heavy atom. The van der Waals surface area contributed by atoms with Gasteiger partial charge < -0.3 is 5.11 Å². The normalized spacial score (nSPS) is 14.1. The van der Waals surface area contributed by atoms with Gasteiger partial charge in [0.1, 0.15) is 5.60 Å². The summed E-state index contributed by atoms with van der Waals surface area (Å²) in [7, 11) is 0. The third-order valence-corrected chi connectivity index (χ3v) is 4.52. The molecule has 2 nitrogen and oxygen atoms in total. The molecular weight excluding hydrogens is 373 g/mol. The third-order valence-electron chi connectivity index (χ3n) is 3.80. The summed E-state index contributed by atoms with van der Waals surface area (Å²) < 4.78 is 1.16. The van der Waals surface area contributed by atoms with E-state index in [0.717, 1.165) is 31.3 Å². The van der Waals surface area contributed by atoms with E-state index in [2.05, 4.69) is 27.6 Å². The van der Waals surface area contributed by atoms with Crippen LogP contribution in [0.15, 0.2) is 54.6 Å². The van der Waals surface area contributed by atoms with Crippen LogP contribution >= 0.6 is 22.6 Å². The summed E-state index contributed by atoms with van der Waals surface area (Å²) in [5, 5.41) is 12.0. The number of aryl methyl sites for hydroxylation is 1. The van der Waals surface area contributed by atoms with Crippen molar-refractivity contribution in [2.24, 2.45) is 0 Å². The summed E-state index contributed by atoms with van der Waals surface area (Å²) in [6.45, 7) is 3.81. The molecule has 0 radical (unpaired) electrons. The first-order chi connectivity index (χ1) is 9.96. The van der Waals surface area contributed by atoms with Gasteiger partial charge in [0.25, 0.3) is 0 Å². The highest BCUT2D eigenvalue weighted by Crippen LogP contribution is 2.31. The van der Waals surface area contributed by atoms with Gasteiger partial charge in [-0.05, 0) is 77.9 Å². The van der Waals surface area contributed by atoms with Gasteiger partial charge in [-0.25, -0.2) is 0 Å². The first kappa shape index (κ1) is 14.5. The first-order valence-electron chi connectivity index (χ1n) is 6.83. The van der Waals surface area contributed by atoms with Crippen molar-refractivity contribution >= 4 is 33.5 Å². The fraction of sp³-hybridized carbons (Fsp3) is 0.167. The smallest absolute Gasteiger partial charge is 0.112 e. The van der Waals surface area contributed by atoms with E-state index >= 15 is 0 Å². The number of aromatic nitrogens is 1. The minimum absolute atomic E-state index is 0.877. The van der Waals surface area contributed by atoms with Gasteiger partial charge in [0, 0.05) is 14.7 Å². The molecule has 1 aromatic heterocycles. The predicted molar refractivity (Wildman–Crippen MR) is 94.3 cm³/mol. The van der Waals surface area contributed by atoms with Crippen molar-refractivity contribution in [1.29, 1.82) is 0 Å². The summed E-state index contributed by atoms with van der Waals surface area (Å²) >= 11 is 2.26. The molecule has 0 saturated carbocycles. The summed E-state index contributed by atoms with van der Waals surface area (Å²) in [6.07, 6.45) is 0. The molecular formula is C18H16INO. The molecule has 1 unspecified atom stereocenters. The number of nitrogens with zero attached hydrogens (tertiary/aromatic N) is 1. The van der Waals surface area contributed by atoms with Crippen molar-refractivity contribution in [2.45, 2.75) is 19.4 Å². The number of aliphatic hydroxyl groups is 1. The average molecular weight is 389 g/mol. The van der Waals surface area contributed by atoms with Gasteiger partial charge in [-0.3, -0.25) is 4.98 Å². The van der Waals surface area contributed by atoms with Crippen LogP contribution in [0.2, 0.25) is 0 Å². The highest BCUT2D eigenvalue weighted by atomic mass is 127. The Hall–Kier alpha value is -1.46. The van der Waals surface area contributed by atoms with Crippen LogP contribution in [-0.4, -0.2) is 10.1 Å². The molecule has 21 heavy (non-hydrogen) atoms. The summed E-state index contributed by atoms with van der Waals surface area (Å²) in [5.74, 6) is 0. The minimum Gasteiger partial charge on any atom is -0.381 e. The summed E-state index contributed by atoms with van der Waals surface area (Å²) in [5.41, 5.74) is 2.71. The highest BCUT2D eigenvalue weighted by molar-refractivity contribution is 14.1. The zero-order valence-corrected chi connectivity index (χ0v) is 14.1. The maximum absolute atomic E-state index is 10.9. The Balaban J connectivity index is 2.09. The van der Waals surface area contributed by atoms with E-state index in [0.29, 0.717) is 0 Å². The van der Waals surface area contributed by atoms with Crippen molar-refractivity contribution in [3.63, 3.8) is 0 Å². The monoisotopic (exact) mass is 389 g/mol. The molecule has 0 amide bonds. The second kappa shape index (κ2) is 5.39. The second-order valence-electron chi connectivity index (χ2n) is 5.44. The lowest BCUT2D eigenvalue weighted by Crippen LogP contribution is -2.22. The Bertz CT molecular complexity index is 794. The number of rotatable bonds is 2. The lowest BCUT2D eigenvalue weighted by Gasteiger charge is -2.25. The highest BCUT2D eigenvalue weighted by Gasteiger charge is 2.25. The number of benzene rings is 2. The molecule has 1 heterocycles. The van der Waals surface area contributed by atoms with E-state index in [4.69, 9.17) is 0 Å². The van der Waals surface area contributed by atoms with Crippen LogP contribution in [0.3, 0.4) is 0 Å². The Labute approximate surface area is 138 Å². The van der Waals surface area contributed by atoms with E-state index in [-0.39, 0.29) is 0 Å². The first-order valence-corrected chi connectivity index (χ1v) is 7.91. The summed E-state index contributed by atoms with van der Waals surface area (Å²) in [4.78, 5) is 4.50. The Kier molecular flexibility index (Phi) is 3.71. The SMILES string of the molecule is Cc1ccc2cc(C(C)(O)c3ccc(I)cc3)ccc2n1. The van der Waals surface area contributed by atoms with Crippen molar-refractivity contribution in [3.05, 3.63) is 75.0 Å². The van der Waals surface area contributed by atoms with Crippen LogP contribution in [0.25, 0.3) is 10.9 Å². The maximum atomic E-state index is 10.9.